The highest BCUT2D eigenvalue weighted by atomic mass is 16.3. The van der Waals surface area contributed by atoms with Crippen molar-refractivity contribution < 1.29 is 5.11 Å². The van der Waals surface area contributed by atoms with Crippen LogP contribution in [-0.2, 0) is 6.54 Å². The Hall–Kier alpha value is -1.84. The second kappa shape index (κ2) is 6.92. The lowest BCUT2D eigenvalue weighted by molar-refractivity contribution is 0.475. The lowest BCUT2D eigenvalue weighted by Crippen LogP contribution is -1.98. The molecule has 0 fully saturated rings. The Morgan fingerprint density at radius 2 is 1.79 bits per heavy atom. The van der Waals surface area contributed by atoms with Crippen LogP contribution in [0.4, 0.5) is 0 Å². The van der Waals surface area contributed by atoms with Crippen LogP contribution in [0.3, 0.4) is 0 Å². The summed E-state index contributed by atoms with van der Waals surface area (Å²) in [6, 6.07) is 7.04. The van der Waals surface area contributed by atoms with E-state index in [0.29, 0.717) is 0 Å². The molecular formula is C15H21N3O. The summed E-state index contributed by atoms with van der Waals surface area (Å²) in [4.78, 5) is 0. The number of unbranched alkanes of at least 4 members (excludes halogenated alkanes) is 4. The van der Waals surface area contributed by atoms with E-state index in [0.717, 1.165) is 24.2 Å². The molecule has 2 aromatic rings. The number of aryl methyl sites for hydroxylation is 1. The van der Waals surface area contributed by atoms with Crippen LogP contribution >= 0.6 is 0 Å². The SMILES string of the molecule is CCCCCCCn1cc(-c2ccc(O)cc2)nn1. The van der Waals surface area contributed by atoms with E-state index in [2.05, 4.69) is 17.2 Å². The van der Waals surface area contributed by atoms with Crippen molar-refractivity contribution in [2.45, 2.75) is 45.6 Å². The van der Waals surface area contributed by atoms with E-state index >= 15 is 0 Å². The Morgan fingerprint density at radius 3 is 2.53 bits per heavy atom. The lowest BCUT2D eigenvalue weighted by atomic mass is 10.1. The third-order valence-corrected chi connectivity index (χ3v) is 3.19. The highest BCUT2D eigenvalue weighted by Crippen LogP contribution is 2.19. The van der Waals surface area contributed by atoms with Gasteiger partial charge in [0.25, 0.3) is 0 Å². The minimum Gasteiger partial charge on any atom is -0.508 e. The van der Waals surface area contributed by atoms with Gasteiger partial charge in [-0.1, -0.05) is 37.8 Å². The number of benzene rings is 1. The van der Waals surface area contributed by atoms with Crippen molar-refractivity contribution in [3.05, 3.63) is 30.5 Å². The molecule has 0 saturated carbocycles. The van der Waals surface area contributed by atoms with Crippen LogP contribution in [-0.4, -0.2) is 20.1 Å². The standard InChI is InChI=1S/C15H21N3O/c1-2-3-4-5-6-11-18-12-15(16-17-18)13-7-9-14(19)10-8-13/h7-10,12,19H,2-6,11H2,1H3. The molecule has 19 heavy (non-hydrogen) atoms. The fourth-order valence-electron chi connectivity index (χ4n) is 2.05. The van der Waals surface area contributed by atoms with E-state index in [4.69, 9.17) is 0 Å². The van der Waals surface area contributed by atoms with Crippen LogP contribution < -0.4 is 0 Å². The van der Waals surface area contributed by atoms with E-state index in [9.17, 15) is 5.11 Å². The molecule has 0 atom stereocenters. The van der Waals surface area contributed by atoms with E-state index in [1.54, 1.807) is 12.1 Å². The number of aromatic nitrogens is 3. The molecule has 0 aliphatic rings. The monoisotopic (exact) mass is 259 g/mol. The maximum atomic E-state index is 9.25. The zero-order valence-electron chi connectivity index (χ0n) is 11.4. The van der Waals surface area contributed by atoms with Crippen molar-refractivity contribution in [2.24, 2.45) is 0 Å². The number of hydrogen-bond donors (Lipinski definition) is 1. The van der Waals surface area contributed by atoms with Gasteiger partial charge in [-0.3, -0.25) is 4.68 Å². The Kier molecular flexibility index (Phi) is 4.95. The second-order valence-corrected chi connectivity index (χ2v) is 4.83. The predicted octanol–water partition coefficient (Wildman–Crippen LogP) is 3.62. The number of phenols is 1. The molecule has 2 rings (SSSR count). The zero-order valence-corrected chi connectivity index (χ0v) is 11.4. The van der Waals surface area contributed by atoms with E-state index < -0.39 is 0 Å². The van der Waals surface area contributed by atoms with Gasteiger partial charge in [-0.25, -0.2) is 0 Å². The molecule has 0 spiro atoms. The largest absolute Gasteiger partial charge is 0.508 e. The summed E-state index contributed by atoms with van der Waals surface area (Å²) in [5.74, 6) is 0.270. The first-order chi connectivity index (χ1) is 9.29. The molecule has 0 unspecified atom stereocenters. The summed E-state index contributed by atoms with van der Waals surface area (Å²) in [7, 11) is 0. The average Bonchev–Trinajstić information content (AvgIpc) is 2.88. The molecule has 0 aliphatic heterocycles. The van der Waals surface area contributed by atoms with Gasteiger partial charge in [-0.05, 0) is 30.7 Å². The summed E-state index contributed by atoms with van der Waals surface area (Å²) < 4.78 is 1.90. The maximum Gasteiger partial charge on any atom is 0.115 e. The van der Waals surface area contributed by atoms with Crippen molar-refractivity contribution in [3.63, 3.8) is 0 Å². The van der Waals surface area contributed by atoms with E-state index in [-0.39, 0.29) is 5.75 Å². The Bertz CT molecular complexity index is 490. The summed E-state index contributed by atoms with van der Waals surface area (Å²) >= 11 is 0. The molecule has 4 nitrogen and oxygen atoms in total. The fourth-order valence-corrected chi connectivity index (χ4v) is 2.05. The van der Waals surface area contributed by atoms with Crippen molar-refractivity contribution in [2.75, 3.05) is 0 Å². The van der Waals surface area contributed by atoms with Crippen molar-refractivity contribution in [1.29, 1.82) is 0 Å². The predicted molar refractivity (Wildman–Crippen MR) is 75.9 cm³/mol. The van der Waals surface area contributed by atoms with Gasteiger partial charge in [0.05, 0.1) is 6.20 Å². The van der Waals surface area contributed by atoms with Crippen LogP contribution in [0, 0.1) is 0 Å². The smallest absolute Gasteiger partial charge is 0.115 e. The third-order valence-electron chi connectivity index (χ3n) is 3.19. The second-order valence-electron chi connectivity index (χ2n) is 4.83. The Labute approximate surface area is 114 Å². The lowest BCUT2D eigenvalue weighted by Gasteiger charge is -2.00. The molecule has 0 bridgehead atoms. The molecular weight excluding hydrogens is 238 g/mol. The van der Waals surface area contributed by atoms with E-state index in [1.165, 1.54) is 25.7 Å². The Balaban J connectivity index is 1.86. The van der Waals surface area contributed by atoms with Crippen LogP contribution in [0.25, 0.3) is 11.3 Å². The first-order valence-electron chi connectivity index (χ1n) is 6.99. The summed E-state index contributed by atoms with van der Waals surface area (Å²) in [6.07, 6.45) is 8.26. The maximum absolute atomic E-state index is 9.25. The fraction of sp³-hybridized carbons (Fsp3) is 0.467. The molecule has 0 aliphatic carbocycles. The summed E-state index contributed by atoms with van der Waals surface area (Å²) in [5, 5.41) is 17.6. The van der Waals surface area contributed by atoms with Crippen LogP contribution in [0.1, 0.15) is 39.0 Å². The average molecular weight is 259 g/mol. The van der Waals surface area contributed by atoms with Gasteiger partial charge in [0.1, 0.15) is 11.4 Å². The van der Waals surface area contributed by atoms with Gasteiger partial charge in [0.2, 0.25) is 0 Å². The topological polar surface area (TPSA) is 50.9 Å². The molecule has 1 heterocycles. The van der Waals surface area contributed by atoms with Gasteiger partial charge in [0.15, 0.2) is 0 Å². The molecule has 0 radical (unpaired) electrons. The quantitative estimate of drug-likeness (QED) is 0.773. The van der Waals surface area contributed by atoms with Crippen LogP contribution in [0.5, 0.6) is 5.75 Å². The highest BCUT2D eigenvalue weighted by Gasteiger charge is 2.03. The van der Waals surface area contributed by atoms with Crippen molar-refractivity contribution >= 4 is 0 Å². The number of aromatic hydroxyl groups is 1. The van der Waals surface area contributed by atoms with Gasteiger partial charge in [-0.15, -0.1) is 5.10 Å². The number of nitrogens with zero attached hydrogens (tertiary/aromatic N) is 3. The summed E-state index contributed by atoms with van der Waals surface area (Å²) in [6.45, 7) is 3.15. The number of phenolic OH excluding ortho intramolecular Hbond substituents is 1. The van der Waals surface area contributed by atoms with Gasteiger partial charge < -0.3 is 5.11 Å². The minimum atomic E-state index is 0.270. The van der Waals surface area contributed by atoms with E-state index in [1.807, 2.05) is 23.0 Å². The zero-order chi connectivity index (χ0) is 13.5. The molecule has 1 N–H and O–H groups in total. The third kappa shape index (κ3) is 4.09. The normalized spacial score (nSPS) is 10.8. The molecule has 0 saturated heterocycles. The first kappa shape index (κ1) is 13.6. The summed E-state index contributed by atoms with van der Waals surface area (Å²) in [5.41, 5.74) is 1.84. The molecule has 4 heteroatoms. The van der Waals surface area contributed by atoms with Crippen molar-refractivity contribution in [1.82, 2.24) is 15.0 Å². The Morgan fingerprint density at radius 1 is 1.05 bits per heavy atom. The van der Waals surface area contributed by atoms with Gasteiger partial charge >= 0.3 is 0 Å². The molecule has 1 aromatic heterocycles. The minimum absolute atomic E-state index is 0.270. The molecule has 0 amide bonds. The van der Waals surface area contributed by atoms with Crippen LogP contribution in [0.2, 0.25) is 0 Å². The number of hydrogen-bond acceptors (Lipinski definition) is 3. The molecule has 102 valence electrons. The van der Waals surface area contributed by atoms with Crippen LogP contribution in [0.15, 0.2) is 30.5 Å². The highest BCUT2D eigenvalue weighted by molar-refractivity contribution is 5.58. The van der Waals surface area contributed by atoms with Crippen molar-refractivity contribution in [3.8, 4) is 17.0 Å². The number of rotatable bonds is 7. The molecule has 1 aromatic carbocycles. The van der Waals surface area contributed by atoms with Gasteiger partial charge in [0, 0.05) is 12.1 Å². The first-order valence-corrected chi connectivity index (χ1v) is 6.99. The van der Waals surface area contributed by atoms with Gasteiger partial charge in [-0.2, -0.15) is 0 Å².